The highest BCUT2D eigenvalue weighted by atomic mass is 16.4. The second-order valence-corrected chi connectivity index (χ2v) is 6.85. The smallest absolute Gasteiger partial charge is 0.320 e. The van der Waals surface area contributed by atoms with Crippen LogP contribution in [0.1, 0.15) is 27.2 Å². The summed E-state index contributed by atoms with van der Waals surface area (Å²) < 4.78 is 0. The monoisotopic (exact) mass is 297 g/mol. The molecule has 2 aliphatic rings. The number of amides is 2. The number of carboxylic acid groups (broad SMARTS) is 1. The zero-order valence-corrected chi connectivity index (χ0v) is 13.5. The van der Waals surface area contributed by atoms with Gasteiger partial charge in [0.2, 0.25) is 0 Å². The van der Waals surface area contributed by atoms with Crippen molar-refractivity contribution in [1.82, 2.24) is 14.7 Å². The van der Waals surface area contributed by atoms with Gasteiger partial charge in [0.25, 0.3) is 0 Å². The number of carbonyl (C=O) groups is 2. The topological polar surface area (TPSA) is 64.1 Å². The van der Waals surface area contributed by atoms with E-state index in [4.69, 9.17) is 0 Å². The predicted octanol–water partition coefficient (Wildman–Crippen LogP) is 1.18. The molecule has 6 heteroatoms. The van der Waals surface area contributed by atoms with Gasteiger partial charge in [-0.2, -0.15) is 0 Å². The number of urea groups is 1. The van der Waals surface area contributed by atoms with E-state index in [1.165, 1.54) is 0 Å². The lowest BCUT2D eigenvalue weighted by Crippen LogP contribution is -2.55. The summed E-state index contributed by atoms with van der Waals surface area (Å²) in [6, 6.07) is 0.346. The molecule has 0 radical (unpaired) electrons. The number of hydrogen-bond donors (Lipinski definition) is 1. The Morgan fingerprint density at radius 1 is 1.19 bits per heavy atom. The molecule has 0 spiro atoms. The Labute approximate surface area is 126 Å². The van der Waals surface area contributed by atoms with Crippen molar-refractivity contribution in [2.24, 2.45) is 11.3 Å². The molecule has 2 heterocycles. The van der Waals surface area contributed by atoms with Gasteiger partial charge in [0.05, 0.1) is 5.41 Å². The third-order valence-electron chi connectivity index (χ3n) is 5.33. The lowest BCUT2D eigenvalue weighted by molar-refractivity contribution is -0.150. The van der Waals surface area contributed by atoms with Crippen molar-refractivity contribution < 1.29 is 14.7 Å². The Morgan fingerprint density at radius 3 is 2.33 bits per heavy atom. The number of likely N-dealkylation sites (N-methyl/N-ethyl adjacent to an activating group) is 1. The van der Waals surface area contributed by atoms with Crippen molar-refractivity contribution in [1.29, 1.82) is 0 Å². The van der Waals surface area contributed by atoms with Gasteiger partial charge in [0, 0.05) is 38.8 Å². The van der Waals surface area contributed by atoms with E-state index in [0.717, 1.165) is 13.1 Å². The fourth-order valence-electron chi connectivity index (χ4n) is 3.31. The van der Waals surface area contributed by atoms with E-state index in [1.807, 2.05) is 18.7 Å². The summed E-state index contributed by atoms with van der Waals surface area (Å²) in [4.78, 5) is 30.1. The Balaban J connectivity index is 2.04. The first-order valence-electron chi connectivity index (χ1n) is 7.75. The summed E-state index contributed by atoms with van der Waals surface area (Å²) >= 11 is 0. The normalized spacial score (nSPS) is 31.0. The summed E-state index contributed by atoms with van der Waals surface area (Å²) in [7, 11) is 2.07. The summed E-state index contributed by atoms with van der Waals surface area (Å²) in [5.74, 6) is -0.751. The molecule has 2 atom stereocenters. The van der Waals surface area contributed by atoms with Crippen LogP contribution in [0.15, 0.2) is 0 Å². The molecule has 1 N–H and O–H groups in total. The van der Waals surface area contributed by atoms with Gasteiger partial charge in [0.1, 0.15) is 0 Å². The van der Waals surface area contributed by atoms with Gasteiger partial charge in [0.15, 0.2) is 0 Å². The van der Waals surface area contributed by atoms with Crippen LogP contribution >= 0.6 is 0 Å². The molecule has 2 rings (SSSR count). The van der Waals surface area contributed by atoms with E-state index in [2.05, 4.69) is 18.9 Å². The minimum Gasteiger partial charge on any atom is -0.481 e. The Kier molecular flexibility index (Phi) is 4.46. The van der Waals surface area contributed by atoms with Gasteiger partial charge in [-0.3, -0.25) is 4.79 Å². The molecule has 120 valence electrons. The fraction of sp³-hybridized carbons (Fsp3) is 0.867. The fourth-order valence-corrected chi connectivity index (χ4v) is 3.31. The van der Waals surface area contributed by atoms with Gasteiger partial charge in [-0.1, -0.05) is 13.8 Å². The number of likely N-dealkylation sites (tertiary alicyclic amines) is 1. The average Bonchev–Trinajstić information content (AvgIpc) is 2.87. The van der Waals surface area contributed by atoms with Crippen LogP contribution in [0.2, 0.25) is 0 Å². The molecule has 2 amide bonds. The standard InChI is InChI=1S/C15H27N3O3/c1-11(2)15(13(19)20)5-6-18(10-15)14(21)17-8-7-16(4)12(3)9-17/h11-12H,5-10H2,1-4H3,(H,19,20). The molecule has 0 saturated carbocycles. The predicted molar refractivity (Wildman–Crippen MR) is 80.2 cm³/mol. The van der Waals surface area contributed by atoms with Crippen LogP contribution in [0, 0.1) is 11.3 Å². The maximum absolute atomic E-state index is 12.6. The third-order valence-corrected chi connectivity index (χ3v) is 5.33. The zero-order valence-electron chi connectivity index (χ0n) is 13.5. The Morgan fingerprint density at radius 2 is 1.86 bits per heavy atom. The summed E-state index contributed by atoms with van der Waals surface area (Å²) in [6.45, 7) is 9.16. The van der Waals surface area contributed by atoms with Gasteiger partial charge in [-0.25, -0.2) is 4.79 Å². The number of carboxylic acids is 1. The molecule has 0 bridgehead atoms. The van der Waals surface area contributed by atoms with Crippen molar-refractivity contribution in [3.63, 3.8) is 0 Å². The van der Waals surface area contributed by atoms with Gasteiger partial charge in [-0.15, -0.1) is 0 Å². The Bertz CT molecular complexity index is 426. The second kappa shape index (κ2) is 5.83. The molecule has 2 fully saturated rings. The Hall–Kier alpha value is -1.30. The van der Waals surface area contributed by atoms with Crippen LogP contribution in [0.5, 0.6) is 0 Å². The molecule has 0 aromatic carbocycles. The van der Waals surface area contributed by atoms with E-state index < -0.39 is 11.4 Å². The lowest BCUT2D eigenvalue weighted by Gasteiger charge is -2.39. The second-order valence-electron chi connectivity index (χ2n) is 6.85. The number of aliphatic carboxylic acids is 1. The van der Waals surface area contributed by atoms with Crippen LogP contribution < -0.4 is 0 Å². The van der Waals surface area contributed by atoms with E-state index in [0.29, 0.717) is 32.1 Å². The molecule has 0 aliphatic carbocycles. The summed E-state index contributed by atoms with van der Waals surface area (Å²) in [5.41, 5.74) is -0.784. The third kappa shape index (κ3) is 2.86. The van der Waals surface area contributed by atoms with Crippen LogP contribution in [0.25, 0.3) is 0 Å². The van der Waals surface area contributed by atoms with Gasteiger partial charge < -0.3 is 19.8 Å². The highest BCUT2D eigenvalue weighted by molar-refractivity contribution is 5.80. The largest absolute Gasteiger partial charge is 0.481 e. The molecule has 6 nitrogen and oxygen atoms in total. The first-order valence-corrected chi connectivity index (χ1v) is 7.75. The van der Waals surface area contributed by atoms with Crippen molar-refractivity contribution in [2.45, 2.75) is 33.2 Å². The minimum atomic E-state index is -0.784. The maximum Gasteiger partial charge on any atom is 0.320 e. The molecular formula is C15H27N3O3. The average molecular weight is 297 g/mol. The first-order chi connectivity index (χ1) is 9.78. The number of nitrogens with zero attached hydrogens (tertiary/aromatic N) is 3. The maximum atomic E-state index is 12.6. The van der Waals surface area contributed by atoms with Crippen molar-refractivity contribution >= 4 is 12.0 Å². The van der Waals surface area contributed by atoms with Crippen LogP contribution in [0.4, 0.5) is 4.79 Å². The SMILES string of the molecule is CC1CN(C(=O)N2CCC(C(=O)O)(C(C)C)C2)CCN1C. The summed E-state index contributed by atoms with van der Waals surface area (Å²) in [6.07, 6.45) is 0.551. The molecule has 2 unspecified atom stereocenters. The molecule has 0 aromatic heterocycles. The van der Waals surface area contributed by atoms with E-state index >= 15 is 0 Å². The highest BCUT2D eigenvalue weighted by Crippen LogP contribution is 2.38. The molecule has 2 saturated heterocycles. The highest BCUT2D eigenvalue weighted by Gasteiger charge is 2.49. The zero-order chi connectivity index (χ0) is 15.8. The van der Waals surface area contributed by atoms with E-state index in [1.54, 1.807) is 4.90 Å². The number of rotatable bonds is 2. The number of piperazine rings is 1. The van der Waals surface area contributed by atoms with Crippen LogP contribution in [-0.2, 0) is 4.79 Å². The molecule has 2 aliphatic heterocycles. The first kappa shape index (κ1) is 16.1. The van der Waals surface area contributed by atoms with Gasteiger partial charge in [-0.05, 0) is 26.3 Å². The van der Waals surface area contributed by atoms with Gasteiger partial charge >= 0.3 is 12.0 Å². The molecular weight excluding hydrogens is 270 g/mol. The molecule has 0 aromatic rings. The van der Waals surface area contributed by atoms with E-state index in [9.17, 15) is 14.7 Å². The number of carbonyl (C=O) groups excluding carboxylic acids is 1. The molecule has 21 heavy (non-hydrogen) atoms. The van der Waals surface area contributed by atoms with Crippen molar-refractivity contribution in [3.05, 3.63) is 0 Å². The lowest BCUT2D eigenvalue weighted by atomic mass is 9.76. The minimum absolute atomic E-state index is 0.00118. The van der Waals surface area contributed by atoms with Crippen molar-refractivity contribution in [3.8, 4) is 0 Å². The van der Waals surface area contributed by atoms with E-state index in [-0.39, 0.29) is 11.9 Å². The van der Waals surface area contributed by atoms with Crippen molar-refractivity contribution in [2.75, 3.05) is 39.8 Å². The summed E-state index contributed by atoms with van der Waals surface area (Å²) in [5, 5.41) is 9.56. The number of hydrogen-bond acceptors (Lipinski definition) is 3. The van der Waals surface area contributed by atoms with Crippen LogP contribution in [0.3, 0.4) is 0 Å². The van der Waals surface area contributed by atoms with Crippen LogP contribution in [-0.4, -0.2) is 77.6 Å². The quantitative estimate of drug-likeness (QED) is 0.831.